The number of hydrogen-bond donors (Lipinski definition) is 0. The highest BCUT2D eigenvalue weighted by molar-refractivity contribution is 6.66. The first-order valence-corrected chi connectivity index (χ1v) is 5.60. The number of hydrogen-bond acceptors (Lipinski definition) is 2. The third-order valence-electron chi connectivity index (χ3n) is 1.69. The molecule has 0 N–H and O–H groups in total. The van der Waals surface area contributed by atoms with Crippen LogP contribution in [0, 0.1) is 0 Å². The van der Waals surface area contributed by atoms with E-state index in [-0.39, 0.29) is 0 Å². The van der Waals surface area contributed by atoms with Crippen molar-refractivity contribution in [2.45, 2.75) is 3.98 Å². The predicted octanol–water partition coefficient (Wildman–Crippen LogP) is 4.24. The standard InChI is InChI=1S/C9H7Cl4NO2/c1-14(8(15)16-9(11,12)13)7-4-2-6(10)3-5-7/h2-5H,1H3. The van der Waals surface area contributed by atoms with E-state index in [1.807, 2.05) is 0 Å². The summed E-state index contributed by atoms with van der Waals surface area (Å²) in [6, 6.07) is 6.55. The number of halogens is 4. The fourth-order valence-electron chi connectivity index (χ4n) is 0.938. The summed E-state index contributed by atoms with van der Waals surface area (Å²) in [7, 11) is 1.49. The van der Waals surface area contributed by atoms with Crippen LogP contribution in [0.3, 0.4) is 0 Å². The molecule has 0 aliphatic heterocycles. The maximum absolute atomic E-state index is 11.5. The van der Waals surface area contributed by atoms with Crippen molar-refractivity contribution in [1.29, 1.82) is 0 Å². The van der Waals surface area contributed by atoms with Crippen molar-refractivity contribution in [2.75, 3.05) is 11.9 Å². The van der Waals surface area contributed by atoms with Crippen LogP contribution in [-0.4, -0.2) is 17.1 Å². The molecule has 1 aromatic carbocycles. The summed E-state index contributed by atoms with van der Waals surface area (Å²) >= 11 is 21.7. The van der Waals surface area contributed by atoms with Gasteiger partial charge in [-0.05, 0) is 59.1 Å². The molecular formula is C9H7Cl4NO2. The highest BCUT2D eigenvalue weighted by atomic mass is 35.6. The van der Waals surface area contributed by atoms with E-state index in [1.54, 1.807) is 24.3 Å². The molecule has 0 saturated carbocycles. The smallest absolute Gasteiger partial charge is 0.398 e. The lowest BCUT2D eigenvalue weighted by Gasteiger charge is -2.20. The summed E-state index contributed by atoms with van der Waals surface area (Å²) in [5.74, 6) is 0. The number of benzene rings is 1. The number of nitrogens with zero attached hydrogens (tertiary/aromatic N) is 1. The molecule has 1 amide bonds. The van der Waals surface area contributed by atoms with Crippen molar-refractivity contribution in [3.05, 3.63) is 29.3 Å². The summed E-state index contributed by atoms with van der Waals surface area (Å²) in [6.07, 6.45) is -0.776. The molecule has 0 radical (unpaired) electrons. The minimum atomic E-state index is -2.07. The van der Waals surface area contributed by atoms with Gasteiger partial charge in [0.15, 0.2) is 0 Å². The Morgan fingerprint density at radius 2 is 1.75 bits per heavy atom. The number of amides is 1. The predicted molar refractivity (Wildman–Crippen MR) is 66.6 cm³/mol. The van der Waals surface area contributed by atoms with Crippen LogP contribution >= 0.6 is 46.4 Å². The second-order valence-electron chi connectivity index (χ2n) is 2.85. The number of carbonyl (C=O) groups excluding carboxylic acids is 1. The van der Waals surface area contributed by atoms with Crippen LogP contribution in [0.25, 0.3) is 0 Å². The maximum atomic E-state index is 11.5. The average molecular weight is 303 g/mol. The molecule has 16 heavy (non-hydrogen) atoms. The lowest BCUT2D eigenvalue weighted by atomic mass is 10.3. The number of alkyl halides is 3. The van der Waals surface area contributed by atoms with E-state index < -0.39 is 10.1 Å². The zero-order valence-electron chi connectivity index (χ0n) is 8.08. The summed E-state index contributed by atoms with van der Waals surface area (Å²) in [4.78, 5) is 12.7. The van der Waals surface area contributed by atoms with Crippen molar-refractivity contribution < 1.29 is 9.53 Å². The molecule has 0 atom stereocenters. The molecule has 0 aromatic heterocycles. The van der Waals surface area contributed by atoms with Crippen molar-refractivity contribution in [3.8, 4) is 0 Å². The molecule has 7 heteroatoms. The second kappa shape index (κ2) is 5.32. The van der Waals surface area contributed by atoms with Crippen molar-refractivity contribution in [1.82, 2.24) is 0 Å². The van der Waals surface area contributed by atoms with E-state index in [0.29, 0.717) is 10.7 Å². The first-order valence-electron chi connectivity index (χ1n) is 4.08. The van der Waals surface area contributed by atoms with E-state index in [4.69, 9.17) is 46.4 Å². The molecule has 0 spiro atoms. The zero-order chi connectivity index (χ0) is 12.3. The van der Waals surface area contributed by atoms with Crippen LogP contribution in [0.1, 0.15) is 0 Å². The van der Waals surface area contributed by atoms with Crippen molar-refractivity contribution >= 4 is 58.2 Å². The molecule has 0 unspecified atom stereocenters. The molecule has 1 rings (SSSR count). The van der Waals surface area contributed by atoms with Gasteiger partial charge in [0.25, 0.3) is 0 Å². The Kier molecular flexibility index (Phi) is 4.56. The quantitative estimate of drug-likeness (QED) is 0.726. The molecule has 1 aromatic rings. The Labute approximate surface area is 113 Å². The van der Waals surface area contributed by atoms with Gasteiger partial charge in [-0.25, -0.2) is 4.79 Å². The zero-order valence-corrected chi connectivity index (χ0v) is 11.1. The first-order chi connectivity index (χ1) is 7.29. The van der Waals surface area contributed by atoms with Crippen molar-refractivity contribution in [2.24, 2.45) is 0 Å². The molecule has 0 saturated heterocycles. The van der Waals surface area contributed by atoms with Crippen LogP contribution in [-0.2, 0) is 4.74 Å². The van der Waals surface area contributed by atoms with Gasteiger partial charge in [0.05, 0.1) is 0 Å². The van der Waals surface area contributed by atoms with E-state index in [9.17, 15) is 4.79 Å². The largest absolute Gasteiger partial charge is 0.417 e. The fraction of sp³-hybridized carbons (Fsp3) is 0.222. The molecular weight excluding hydrogens is 296 g/mol. The van der Waals surface area contributed by atoms with Crippen LogP contribution in [0.4, 0.5) is 10.5 Å². The highest BCUT2D eigenvalue weighted by Crippen LogP contribution is 2.29. The van der Waals surface area contributed by atoms with Crippen LogP contribution in [0.15, 0.2) is 24.3 Å². The lowest BCUT2D eigenvalue weighted by Crippen LogP contribution is -2.30. The first kappa shape index (κ1) is 13.7. The summed E-state index contributed by atoms with van der Waals surface area (Å²) < 4.78 is 2.46. The normalized spacial score (nSPS) is 11.1. The Balaban J connectivity index is 2.74. The van der Waals surface area contributed by atoms with Gasteiger partial charge < -0.3 is 4.74 Å². The number of anilines is 1. The van der Waals surface area contributed by atoms with Gasteiger partial charge >= 0.3 is 10.1 Å². The van der Waals surface area contributed by atoms with Crippen molar-refractivity contribution in [3.63, 3.8) is 0 Å². The second-order valence-corrected chi connectivity index (χ2v) is 5.46. The van der Waals surface area contributed by atoms with E-state index in [0.717, 1.165) is 0 Å². The molecule has 0 bridgehead atoms. The molecule has 3 nitrogen and oxygen atoms in total. The minimum absolute atomic E-state index is 0.562. The van der Waals surface area contributed by atoms with E-state index in [1.165, 1.54) is 11.9 Å². The topological polar surface area (TPSA) is 29.5 Å². The molecule has 0 aliphatic carbocycles. The summed E-state index contributed by atoms with van der Waals surface area (Å²) in [5, 5.41) is 0.562. The van der Waals surface area contributed by atoms with E-state index >= 15 is 0 Å². The molecule has 0 fully saturated rings. The molecule has 88 valence electrons. The lowest BCUT2D eigenvalue weighted by molar-refractivity contribution is 0.153. The SMILES string of the molecule is CN(C(=O)OC(Cl)(Cl)Cl)c1ccc(Cl)cc1. The Hall–Kier alpha value is -0.350. The van der Waals surface area contributed by atoms with Gasteiger partial charge in [-0.2, -0.15) is 0 Å². The van der Waals surface area contributed by atoms with Gasteiger partial charge in [0.2, 0.25) is 0 Å². The molecule has 0 aliphatic rings. The van der Waals surface area contributed by atoms with Gasteiger partial charge in [0.1, 0.15) is 0 Å². The Bertz CT molecular complexity index is 374. The third kappa shape index (κ3) is 4.26. The van der Waals surface area contributed by atoms with Gasteiger partial charge in [-0.15, -0.1) is 0 Å². The number of ether oxygens (including phenoxy) is 1. The summed E-state index contributed by atoms with van der Waals surface area (Å²) in [5.41, 5.74) is 0.573. The highest BCUT2D eigenvalue weighted by Gasteiger charge is 2.27. The van der Waals surface area contributed by atoms with Gasteiger partial charge in [-0.1, -0.05) is 11.6 Å². The summed E-state index contributed by atoms with van der Waals surface area (Å²) in [6.45, 7) is 0. The fourth-order valence-corrected chi connectivity index (χ4v) is 1.26. The maximum Gasteiger partial charge on any atom is 0.417 e. The third-order valence-corrected chi connectivity index (χ3v) is 2.17. The Morgan fingerprint density at radius 1 is 1.25 bits per heavy atom. The van der Waals surface area contributed by atoms with Crippen LogP contribution in [0.5, 0.6) is 0 Å². The van der Waals surface area contributed by atoms with Gasteiger partial charge in [0, 0.05) is 17.8 Å². The van der Waals surface area contributed by atoms with Crippen LogP contribution in [0.2, 0.25) is 5.02 Å². The van der Waals surface area contributed by atoms with Crippen LogP contribution < -0.4 is 4.90 Å². The monoisotopic (exact) mass is 301 g/mol. The van der Waals surface area contributed by atoms with Gasteiger partial charge in [-0.3, -0.25) is 4.90 Å². The van der Waals surface area contributed by atoms with E-state index in [2.05, 4.69) is 4.74 Å². The Morgan fingerprint density at radius 3 is 2.19 bits per heavy atom. The molecule has 0 heterocycles. The minimum Gasteiger partial charge on any atom is -0.398 e. The number of carbonyl (C=O) groups is 1. The average Bonchev–Trinajstić information content (AvgIpc) is 2.15. The number of rotatable bonds is 1.